The van der Waals surface area contributed by atoms with Gasteiger partial charge in [0.05, 0.1) is 21.8 Å². The Hall–Kier alpha value is -4.61. The molecule has 3 N–H and O–H groups in total. The van der Waals surface area contributed by atoms with Crippen LogP contribution in [-0.4, -0.2) is 47.5 Å². The minimum absolute atomic E-state index is 0.0226. The van der Waals surface area contributed by atoms with E-state index in [0.717, 1.165) is 39.8 Å². The third-order valence-electron chi connectivity index (χ3n) is 7.86. The number of carboxylic acid groups (broad SMARTS) is 1. The summed E-state index contributed by atoms with van der Waals surface area (Å²) in [6, 6.07) is 17.9. The quantitative estimate of drug-likeness (QED) is 0.121. The van der Waals surface area contributed by atoms with E-state index in [9.17, 15) is 14.1 Å². The van der Waals surface area contributed by atoms with Gasteiger partial charge in [-0.25, -0.2) is 19.0 Å². The molecule has 5 aromatic rings. The van der Waals surface area contributed by atoms with Crippen molar-refractivity contribution >= 4 is 33.9 Å². The third-order valence-corrected chi connectivity index (χ3v) is 8.91. The van der Waals surface area contributed by atoms with Crippen molar-refractivity contribution in [3.05, 3.63) is 94.8 Å². The molecular weight excluding hydrogens is 637 g/mol. The Morgan fingerprint density at radius 3 is 2.33 bits per heavy atom. The van der Waals surface area contributed by atoms with Crippen LogP contribution in [0.1, 0.15) is 73.8 Å². The van der Waals surface area contributed by atoms with Crippen LogP contribution in [0.3, 0.4) is 0 Å². The van der Waals surface area contributed by atoms with Gasteiger partial charge in [0.15, 0.2) is 11.0 Å². The predicted molar refractivity (Wildman–Crippen MR) is 197 cm³/mol. The first-order valence-electron chi connectivity index (χ1n) is 16.5. The summed E-state index contributed by atoms with van der Waals surface area (Å²) >= 11 is 0. The predicted octanol–water partition coefficient (Wildman–Crippen LogP) is 7.79. The van der Waals surface area contributed by atoms with Crippen LogP contribution < -0.4 is 14.8 Å². The highest BCUT2D eigenvalue weighted by Crippen LogP contribution is 2.30. The molecule has 0 aliphatic carbocycles. The van der Waals surface area contributed by atoms with Crippen LogP contribution in [0.4, 0.5) is 5.95 Å². The standard InChI is InChI=1S/C36H42N6O4S.C2H6/c1-22-10-8-11-23(2)32(22)30-17-31(40-35(39-30)41-47(45)28-13-9-12-25(16-28)34(43)44)46-21-27(18-36(4,5)6)37-19-26-14-15-29-24(3)20-42(7)33(29)38-26;1-2/h8-17,20,27,37H,18-19,21H2,1-7H3,(H,43,44)(H,39,40,41);1-2H3. The molecule has 11 heteroatoms. The summed E-state index contributed by atoms with van der Waals surface area (Å²) in [7, 11) is 0.189. The molecule has 2 unspecified atom stereocenters. The van der Waals surface area contributed by atoms with E-state index in [2.05, 4.69) is 61.0 Å². The van der Waals surface area contributed by atoms with E-state index in [1.165, 1.54) is 17.7 Å². The fraction of sp³-hybridized carbons (Fsp3) is 0.368. The molecular formula is C38H48N6O4S. The van der Waals surface area contributed by atoms with Crippen molar-refractivity contribution in [2.75, 3.05) is 11.3 Å². The Bertz CT molecular complexity index is 1930. The van der Waals surface area contributed by atoms with Gasteiger partial charge in [0.2, 0.25) is 11.8 Å². The third kappa shape index (κ3) is 9.73. The minimum atomic E-state index is -1.82. The van der Waals surface area contributed by atoms with Crippen molar-refractivity contribution in [2.45, 2.75) is 79.3 Å². The number of hydrogen-bond acceptors (Lipinski definition) is 7. The number of carboxylic acids is 1. The van der Waals surface area contributed by atoms with Gasteiger partial charge < -0.3 is 19.7 Å². The molecule has 5 rings (SSSR count). The molecule has 49 heavy (non-hydrogen) atoms. The maximum atomic E-state index is 13.3. The number of benzene rings is 2. The van der Waals surface area contributed by atoms with Crippen molar-refractivity contribution < 1.29 is 18.8 Å². The summed E-state index contributed by atoms with van der Waals surface area (Å²) in [5, 5.41) is 14.2. The molecule has 10 nitrogen and oxygen atoms in total. The average molecular weight is 685 g/mol. The number of aryl methyl sites for hydroxylation is 4. The molecule has 0 aliphatic heterocycles. The molecule has 0 amide bonds. The number of aromatic nitrogens is 4. The van der Waals surface area contributed by atoms with Gasteiger partial charge in [0.1, 0.15) is 12.3 Å². The number of pyridine rings is 1. The highest BCUT2D eigenvalue weighted by atomic mass is 32.2. The summed E-state index contributed by atoms with van der Waals surface area (Å²) in [5.41, 5.74) is 6.78. The smallest absolute Gasteiger partial charge is 0.335 e. The monoisotopic (exact) mass is 684 g/mol. The van der Waals surface area contributed by atoms with Gasteiger partial charge in [-0.1, -0.05) is 58.9 Å². The summed E-state index contributed by atoms with van der Waals surface area (Å²) in [6.45, 7) is 17.6. The van der Waals surface area contributed by atoms with Gasteiger partial charge in [0, 0.05) is 42.8 Å². The molecule has 260 valence electrons. The summed E-state index contributed by atoms with van der Waals surface area (Å²) in [4.78, 5) is 25.9. The van der Waals surface area contributed by atoms with Crippen LogP contribution >= 0.6 is 0 Å². The highest BCUT2D eigenvalue weighted by molar-refractivity contribution is 7.86. The van der Waals surface area contributed by atoms with Crippen molar-refractivity contribution in [1.82, 2.24) is 24.8 Å². The van der Waals surface area contributed by atoms with Crippen LogP contribution in [0.2, 0.25) is 0 Å². The molecule has 0 bridgehead atoms. The van der Waals surface area contributed by atoms with Crippen LogP contribution in [0.15, 0.2) is 71.8 Å². The van der Waals surface area contributed by atoms with E-state index in [1.807, 2.05) is 57.5 Å². The summed E-state index contributed by atoms with van der Waals surface area (Å²) < 4.78 is 24.6. The number of carbonyl (C=O) groups is 1. The molecule has 0 saturated carbocycles. The van der Waals surface area contributed by atoms with Gasteiger partial charge in [-0.2, -0.15) is 4.98 Å². The molecule has 3 heterocycles. The van der Waals surface area contributed by atoms with Crippen LogP contribution in [0, 0.1) is 26.2 Å². The van der Waals surface area contributed by atoms with E-state index in [1.54, 1.807) is 18.2 Å². The van der Waals surface area contributed by atoms with Crippen molar-refractivity contribution in [3.63, 3.8) is 0 Å². The lowest BCUT2D eigenvalue weighted by Crippen LogP contribution is -2.37. The molecule has 2 atom stereocenters. The van der Waals surface area contributed by atoms with Gasteiger partial charge in [-0.3, -0.25) is 4.72 Å². The normalized spacial score (nSPS) is 12.6. The fourth-order valence-corrected chi connectivity index (χ4v) is 6.54. The van der Waals surface area contributed by atoms with Gasteiger partial charge in [0.25, 0.3) is 0 Å². The lowest BCUT2D eigenvalue weighted by Gasteiger charge is -2.27. The Labute approximate surface area is 292 Å². The van der Waals surface area contributed by atoms with Crippen molar-refractivity contribution in [2.24, 2.45) is 12.5 Å². The topological polar surface area (TPSA) is 131 Å². The zero-order valence-corrected chi connectivity index (χ0v) is 30.7. The summed E-state index contributed by atoms with van der Waals surface area (Å²) in [5.74, 6) is -0.663. The number of nitrogens with zero attached hydrogens (tertiary/aromatic N) is 4. The second-order valence-electron chi connectivity index (χ2n) is 13.1. The van der Waals surface area contributed by atoms with E-state index in [-0.39, 0.29) is 23.0 Å². The number of aromatic carboxylic acids is 1. The van der Waals surface area contributed by atoms with Crippen molar-refractivity contribution in [1.29, 1.82) is 0 Å². The molecule has 0 fully saturated rings. The first-order valence-corrected chi connectivity index (χ1v) is 17.7. The fourth-order valence-electron chi connectivity index (χ4n) is 5.73. The van der Waals surface area contributed by atoms with Crippen LogP contribution in [0.25, 0.3) is 22.3 Å². The number of ether oxygens (including phenoxy) is 1. The first-order chi connectivity index (χ1) is 23.3. The molecule has 0 saturated heterocycles. The maximum absolute atomic E-state index is 13.3. The van der Waals surface area contributed by atoms with E-state index < -0.39 is 17.0 Å². The minimum Gasteiger partial charge on any atom is -0.478 e. The van der Waals surface area contributed by atoms with Crippen LogP contribution in [-0.2, 0) is 24.6 Å². The molecule has 2 aromatic carbocycles. The molecule has 0 aliphatic rings. The number of fused-ring (bicyclic) bond motifs is 1. The Balaban J connectivity index is 0.00000265. The SMILES string of the molecule is CC.Cc1cccc(C)c1-c1cc(OCC(CC(C)(C)C)NCc2ccc3c(C)cn(C)c3n2)nc(NS(=O)c2cccc(C(=O)O)c2)n1. The van der Waals surface area contributed by atoms with E-state index in [4.69, 9.17) is 14.7 Å². The lowest BCUT2D eigenvalue weighted by atomic mass is 9.88. The first kappa shape index (κ1) is 37.2. The van der Waals surface area contributed by atoms with Gasteiger partial charge in [-0.05, 0) is 79.6 Å². The lowest BCUT2D eigenvalue weighted by molar-refractivity contribution is 0.0696. The van der Waals surface area contributed by atoms with Gasteiger partial charge >= 0.3 is 5.97 Å². The molecule has 3 aromatic heterocycles. The zero-order chi connectivity index (χ0) is 35.9. The Morgan fingerprint density at radius 2 is 1.65 bits per heavy atom. The largest absolute Gasteiger partial charge is 0.478 e. The van der Waals surface area contributed by atoms with E-state index >= 15 is 0 Å². The average Bonchev–Trinajstić information content (AvgIpc) is 3.34. The van der Waals surface area contributed by atoms with Crippen molar-refractivity contribution in [3.8, 4) is 17.1 Å². The second-order valence-corrected chi connectivity index (χ2v) is 14.3. The number of nitrogens with one attached hydrogen (secondary N) is 2. The Morgan fingerprint density at radius 1 is 0.959 bits per heavy atom. The number of rotatable bonds is 12. The van der Waals surface area contributed by atoms with E-state index in [0.29, 0.717) is 29.6 Å². The Kier molecular flexibility index (Phi) is 12.3. The second kappa shape index (κ2) is 16.2. The summed E-state index contributed by atoms with van der Waals surface area (Å²) in [6.07, 6.45) is 2.92. The zero-order valence-electron chi connectivity index (χ0n) is 29.9. The molecule has 0 radical (unpaired) electrons. The van der Waals surface area contributed by atoms with Gasteiger partial charge in [-0.15, -0.1) is 0 Å². The number of hydrogen-bond donors (Lipinski definition) is 3. The highest BCUT2D eigenvalue weighted by Gasteiger charge is 2.21. The molecule has 0 spiro atoms. The maximum Gasteiger partial charge on any atom is 0.335 e. The number of anilines is 1. The van der Waals surface area contributed by atoms with Crippen LogP contribution in [0.5, 0.6) is 5.88 Å².